The molecule has 0 atom stereocenters. The highest BCUT2D eigenvalue weighted by atomic mass is 16.1. The third-order valence-electron chi connectivity index (χ3n) is 3.78. The molecule has 22 heavy (non-hydrogen) atoms. The fourth-order valence-electron chi connectivity index (χ4n) is 2.62. The number of pyridine rings is 1. The molecule has 1 aromatic carbocycles. The lowest BCUT2D eigenvalue weighted by molar-refractivity contribution is -0.116. The molecule has 1 aromatic heterocycles. The summed E-state index contributed by atoms with van der Waals surface area (Å²) in [7, 11) is 0. The number of hydrogen-bond acceptors (Lipinski definition) is 2. The Morgan fingerprint density at radius 3 is 2.41 bits per heavy atom. The van der Waals surface area contributed by atoms with E-state index < -0.39 is 0 Å². The zero-order valence-electron chi connectivity index (χ0n) is 13.9. The van der Waals surface area contributed by atoms with E-state index in [9.17, 15) is 4.79 Å². The summed E-state index contributed by atoms with van der Waals surface area (Å²) in [5.41, 5.74) is 6.32. The Balaban J connectivity index is 1.87. The number of aromatic nitrogens is 1. The third kappa shape index (κ3) is 4.42. The van der Waals surface area contributed by atoms with Gasteiger partial charge in [-0.1, -0.05) is 29.8 Å². The van der Waals surface area contributed by atoms with Gasteiger partial charge in [-0.15, -0.1) is 0 Å². The molecule has 0 radical (unpaired) electrons. The zero-order chi connectivity index (χ0) is 16.1. The van der Waals surface area contributed by atoms with Crippen molar-refractivity contribution in [3.8, 4) is 0 Å². The van der Waals surface area contributed by atoms with Gasteiger partial charge in [-0.25, -0.2) is 0 Å². The molecule has 0 saturated carbocycles. The van der Waals surface area contributed by atoms with Crippen molar-refractivity contribution in [1.82, 2.24) is 4.98 Å². The van der Waals surface area contributed by atoms with Gasteiger partial charge in [-0.3, -0.25) is 9.78 Å². The molecule has 0 fully saturated rings. The predicted molar refractivity (Wildman–Crippen MR) is 91.2 cm³/mol. The van der Waals surface area contributed by atoms with Crippen LogP contribution in [0.3, 0.4) is 0 Å². The first-order chi connectivity index (χ1) is 10.5. The van der Waals surface area contributed by atoms with Crippen LogP contribution in [0.5, 0.6) is 0 Å². The number of nitrogens with zero attached hydrogens (tertiary/aromatic N) is 1. The van der Waals surface area contributed by atoms with Gasteiger partial charge in [0.25, 0.3) is 0 Å². The topological polar surface area (TPSA) is 42.0 Å². The van der Waals surface area contributed by atoms with E-state index in [1.165, 1.54) is 11.1 Å². The van der Waals surface area contributed by atoms with Crippen molar-refractivity contribution in [2.24, 2.45) is 0 Å². The lowest BCUT2D eigenvalue weighted by Gasteiger charge is -2.12. The minimum Gasteiger partial charge on any atom is -0.324 e. The van der Waals surface area contributed by atoms with Crippen molar-refractivity contribution < 1.29 is 4.79 Å². The first kappa shape index (κ1) is 16.2. The minimum atomic E-state index is 0.0592. The molecule has 2 rings (SSSR count). The van der Waals surface area contributed by atoms with Crippen LogP contribution < -0.4 is 5.32 Å². The Bertz CT molecular complexity index is 637. The van der Waals surface area contributed by atoms with Gasteiger partial charge in [0, 0.05) is 12.1 Å². The van der Waals surface area contributed by atoms with E-state index >= 15 is 0 Å². The summed E-state index contributed by atoms with van der Waals surface area (Å²) in [5, 5.41) is 3.00. The molecule has 3 heteroatoms. The highest BCUT2D eigenvalue weighted by Gasteiger charge is 2.09. The standard InChI is InChI=1S/C19H24N2O/c1-13-8-10-17(11-9-13)6-5-7-18(22)21-19-14(2)12-15(3)20-16(19)4/h8-12H,5-7H2,1-4H3,(H,21,22). The van der Waals surface area contributed by atoms with Crippen LogP contribution in [0.4, 0.5) is 5.69 Å². The lowest BCUT2D eigenvalue weighted by Crippen LogP contribution is -2.14. The number of nitrogens with one attached hydrogen (secondary N) is 1. The fraction of sp³-hybridized carbons (Fsp3) is 0.368. The summed E-state index contributed by atoms with van der Waals surface area (Å²) >= 11 is 0. The van der Waals surface area contributed by atoms with Gasteiger partial charge >= 0.3 is 0 Å². The van der Waals surface area contributed by atoms with E-state index in [1.54, 1.807) is 0 Å². The van der Waals surface area contributed by atoms with Gasteiger partial charge in [-0.2, -0.15) is 0 Å². The van der Waals surface area contributed by atoms with Gasteiger partial charge in [0.2, 0.25) is 5.91 Å². The minimum absolute atomic E-state index is 0.0592. The smallest absolute Gasteiger partial charge is 0.224 e. The number of aryl methyl sites for hydroxylation is 5. The molecule has 0 saturated heterocycles. The maximum Gasteiger partial charge on any atom is 0.224 e. The molecule has 0 bridgehead atoms. The molecule has 0 unspecified atom stereocenters. The van der Waals surface area contributed by atoms with Crippen molar-refractivity contribution in [1.29, 1.82) is 0 Å². The number of benzene rings is 1. The van der Waals surface area contributed by atoms with Crippen LogP contribution in [0.1, 0.15) is 40.9 Å². The summed E-state index contributed by atoms with van der Waals surface area (Å²) in [6, 6.07) is 10.5. The molecule has 0 aliphatic rings. The van der Waals surface area contributed by atoms with Crippen LogP contribution in [-0.4, -0.2) is 10.9 Å². The van der Waals surface area contributed by atoms with Crippen molar-refractivity contribution in [3.05, 3.63) is 58.4 Å². The summed E-state index contributed by atoms with van der Waals surface area (Å²) in [4.78, 5) is 16.5. The van der Waals surface area contributed by atoms with Crippen molar-refractivity contribution in [2.45, 2.75) is 47.0 Å². The molecule has 116 valence electrons. The Hall–Kier alpha value is -2.16. The van der Waals surface area contributed by atoms with Crippen LogP contribution in [-0.2, 0) is 11.2 Å². The average Bonchev–Trinajstić information content (AvgIpc) is 2.45. The number of amides is 1. The largest absolute Gasteiger partial charge is 0.324 e. The number of carbonyl (C=O) groups is 1. The summed E-state index contributed by atoms with van der Waals surface area (Å²) in [6.45, 7) is 7.98. The molecular weight excluding hydrogens is 272 g/mol. The van der Waals surface area contributed by atoms with Gasteiger partial charge < -0.3 is 5.32 Å². The first-order valence-electron chi connectivity index (χ1n) is 7.76. The van der Waals surface area contributed by atoms with E-state index in [0.29, 0.717) is 6.42 Å². The quantitative estimate of drug-likeness (QED) is 0.895. The van der Waals surface area contributed by atoms with Gasteiger partial charge in [0.15, 0.2) is 0 Å². The van der Waals surface area contributed by atoms with Gasteiger partial charge in [0.1, 0.15) is 0 Å². The summed E-state index contributed by atoms with van der Waals surface area (Å²) < 4.78 is 0. The second kappa shape index (κ2) is 7.21. The Kier molecular flexibility index (Phi) is 5.31. The zero-order valence-corrected chi connectivity index (χ0v) is 13.9. The second-order valence-corrected chi connectivity index (χ2v) is 5.93. The number of hydrogen-bond donors (Lipinski definition) is 1. The normalized spacial score (nSPS) is 10.5. The van der Waals surface area contributed by atoms with Crippen LogP contribution in [0.2, 0.25) is 0 Å². The molecular formula is C19H24N2O. The molecule has 0 aliphatic heterocycles. The highest BCUT2D eigenvalue weighted by molar-refractivity contribution is 5.92. The monoisotopic (exact) mass is 296 g/mol. The van der Waals surface area contributed by atoms with E-state index in [1.807, 2.05) is 26.8 Å². The SMILES string of the molecule is Cc1ccc(CCCC(=O)Nc2c(C)cc(C)nc2C)cc1. The van der Waals surface area contributed by atoms with Crippen molar-refractivity contribution in [3.63, 3.8) is 0 Å². The third-order valence-corrected chi connectivity index (χ3v) is 3.78. The van der Waals surface area contributed by atoms with Gasteiger partial charge in [-0.05, 0) is 57.7 Å². The van der Waals surface area contributed by atoms with Gasteiger partial charge in [0.05, 0.1) is 11.4 Å². The van der Waals surface area contributed by atoms with Crippen LogP contribution in [0, 0.1) is 27.7 Å². The van der Waals surface area contributed by atoms with Crippen molar-refractivity contribution in [2.75, 3.05) is 5.32 Å². The molecule has 1 heterocycles. The molecule has 2 aromatic rings. The number of carbonyl (C=O) groups excluding carboxylic acids is 1. The maximum absolute atomic E-state index is 12.1. The number of rotatable bonds is 5. The summed E-state index contributed by atoms with van der Waals surface area (Å²) in [6.07, 6.45) is 2.31. The Morgan fingerprint density at radius 2 is 1.77 bits per heavy atom. The van der Waals surface area contributed by atoms with Crippen LogP contribution in [0.15, 0.2) is 30.3 Å². The summed E-state index contributed by atoms with van der Waals surface area (Å²) in [5.74, 6) is 0.0592. The molecule has 0 aliphatic carbocycles. The maximum atomic E-state index is 12.1. The Morgan fingerprint density at radius 1 is 1.09 bits per heavy atom. The predicted octanol–water partition coefficient (Wildman–Crippen LogP) is 4.28. The fourth-order valence-corrected chi connectivity index (χ4v) is 2.62. The van der Waals surface area contributed by atoms with E-state index in [-0.39, 0.29) is 5.91 Å². The van der Waals surface area contributed by atoms with E-state index in [4.69, 9.17) is 0 Å². The van der Waals surface area contributed by atoms with Crippen molar-refractivity contribution >= 4 is 11.6 Å². The number of anilines is 1. The van der Waals surface area contributed by atoms with E-state index in [2.05, 4.69) is 41.5 Å². The first-order valence-corrected chi connectivity index (χ1v) is 7.76. The molecule has 1 amide bonds. The average molecular weight is 296 g/mol. The highest BCUT2D eigenvalue weighted by Crippen LogP contribution is 2.19. The molecule has 0 spiro atoms. The van der Waals surface area contributed by atoms with E-state index in [0.717, 1.165) is 35.5 Å². The molecule has 1 N–H and O–H groups in total. The van der Waals surface area contributed by atoms with Crippen LogP contribution >= 0.6 is 0 Å². The molecule has 3 nitrogen and oxygen atoms in total. The second-order valence-electron chi connectivity index (χ2n) is 5.93. The lowest BCUT2D eigenvalue weighted by atomic mass is 10.1. The Labute approximate surface area is 132 Å². The van der Waals surface area contributed by atoms with Crippen LogP contribution in [0.25, 0.3) is 0 Å².